The molecule has 0 spiro atoms. The van der Waals surface area contributed by atoms with Gasteiger partial charge in [-0.3, -0.25) is 9.59 Å². The first kappa shape index (κ1) is 29.3. The second-order valence-electron chi connectivity index (χ2n) is 5.09. The van der Waals surface area contributed by atoms with E-state index >= 15 is 0 Å². The zero-order valence-electron chi connectivity index (χ0n) is 15.6. The highest BCUT2D eigenvalue weighted by Gasteiger charge is 2.13. The van der Waals surface area contributed by atoms with Crippen molar-refractivity contribution in [2.75, 3.05) is 11.5 Å². The van der Waals surface area contributed by atoms with Crippen molar-refractivity contribution >= 4 is 62.6 Å². The van der Waals surface area contributed by atoms with Crippen molar-refractivity contribution < 1.29 is 39.0 Å². The van der Waals surface area contributed by atoms with E-state index in [1.165, 1.54) is 4.68 Å². The van der Waals surface area contributed by atoms with Crippen molar-refractivity contribution in [3.63, 3.8) is 0 Å². The van der Waals surface area contributed by atoms with Gasteiger partial charge in [0.2, 0.25) is 11.8 Å². The molecule has 0 aromatic carbocycles. The lowest BCUT2D eigenvalue weighted by Crippen LogP contribution is -2.39. The van der Waals surface area contributed by atoms with Crippen molar-refractivity contribution in [2.24, 2.45) is 0 Å². The van der Waals surface area contributed by atoms with Gasteiger partial charge in [-0.15, -0.1) is 5.10 Å². The summed E-state index contributed by atoms with van der Waals surface area (Å²) < 4.78 is 1.31. The summed E-state index contributed by atoms with van der Waals surface area (Å²) in [6.45, 7) is -1.09. The number of aldehydes is 2. The predicted molar refractivity (Wildman–Crippen MR) is 104 cm³/mol. The largest absolute Gasteiger partial charge is 0.554 e. The van der Waals surface area contributed by atoms with Gasteiger partial charge in [0.1, 0.15) is 19.1 Å². The Bertz CT molecular complexity index is 667. The zero-order chi connectivity index (χ0) is 23.4. The van der Waals surface area contributed by atoms with Crippen LogP contribution >= 0.6 is 25.3 Å². The van der Waals surface area contributed by atoms with Crippen LogP contribution in [-0.2, 0) is 41.7 Å². The second-order valence-corrected chi connectivity index (χ2v) is 5.82. The van der Waals surface area contributed by atoms with E-state index in [0.717, 1.165) is 0 Å². The molecule has 0 saturated heterocycles. The Labute approximate surface area is 182 Å². The number of hydrogen-bond donors (Lipinski definition) is 4. The van der Waals surface area contributed by atoms with Gasteiger partial charge in [0.25, 0.3) is 0 Å². The lowest BCUT2D eigenvalue weighted by atomic mass is 10.2. The Hall–Kier alpha value is -2.94. The number of aryl methyl sites for hydroxylation is 1. The van der Waals surface area contributed by atoms with Crippen LogP contribution in [0, 0.1) is 0 Å². The van der Waals surface area contributed by atoms with Crippen molar-refractivity contribution in [1.29, 1.82) is 0 Å². The van der Waals surface area contributed by atoms with Gasteiger partial charge in [-0.1, -0.05) is 5.21 Å². The highest BCUT2D eigenvalue weighted by atomic mass is 32.1. The molecule has 15 heteroatoms. The summed E-state index contributed by atoms with van der Waals surface area (Å²) in [5, 5.41) is 29.1. The van der Waals surface area contributed by atoms with Crippen LogP contribution in [0.4, 0.5) is 0 Å². The fourth-order valence-electron chi connectivity index (χ4n) is 1.70. The minimum atomic E-state index is -0.648. The molecule has 1 rings (SSSR count). The topological polar surface area (TPSA) is 203 Å². The van der Waals surface area contributed by atoms with Gasteiger partial charge in [0, 0.05) is 43.5 Å². The van der Waals surface area contributed by atoms with Crippen molar-refractivity contribution in [3.05, 3.63) is 11.9 Å². The highest BCUT2D eigenvalue weighted by molar-refractivity contribution is 7.80. The standard InChI is InChI=1S/C13H19N5O4S2.2CH2O2/c19-5-10(7-23)14-12(21)2-1-9-3-18(17-16-9)4-13(22)15-11(6-20)8-24;2*2-1-3/h3,5-6,10-11,23-24H,1-2,4,7-8H2,(H,14,21)(H,15,22);2*1H,(H,2,3)/p-2. The third kappa shape index (κ3) is 15.0. The highest BCUT2D eigenvalue weighted by Crippen LogP contribution is 1.99. The Morgan fingerprint density at radius 2 is 1.47 bits per heavy atom. The van der Waals surface area contributed by atoms with Crippen LogP contribution in [0.1, 0.15) is 12.1 Å². The fourth-order valence-corrected chi connectivity index (χ4v) is 2.05. The first-order valence-corrected chi connectivity index (χ1v) is 9.33. The molecule has 2 N–H and O–H groups in total. The maximum absolute atomic E-state index is 11.7. The maximum Gasteiger partial charge on any atom is 0.242 e. The number of carbonyl (C=O) groups is 6. The van der Waals surface area contributed by atoms with Gasteiger partial charge >= 0.3 is 0 Å². The SMILES string of the molecule is O=CC(CS)NC(=O)CCc1cn(CC(=O)NC(C=O)CS)nn1.O=C[O-].O=C[O-]. The molecular weight excluding hydrogens is 442 g/mol. The molecule has 0 fully saturated rings. The van der Waals surface area contributed by atoms with Crippen molar-refractivity contribution in [3.8, 4) is 0 Å². The summed E-state index contributed by atoms with van der Waals surface area (Å²) in [5.41, 5.74) is 0.535. The van der Waals surface area contributed by atoms with E-state index in [4.69, 9.17) is 19.8 Å². The molecule has 0 aliphatic rings. The normalized spacial score (nSPS) is 11.1. The number of nitrogens with one attached hydrogen (secondary N) is 2. The lowest BCUT2D eigenvalue weighted by molar-refractivity contribution is -0.284. The monoisotopic (exact) mass is 463 g/mol. The minimum absolute atomic E-state index is 0.0931. The molecule has 0 radical (unpaired) electrons. The van der Waals surface area contributed by atoms with Crippen molar-refractivity contribution in [1.82, 2.24) is 25.6 Å². The quantitative estimate of drug-likeness (QED) is 0.182. The summed E-state index contributed by atoms with van der Waals surface area (Å²) in [7, 11) is 0. The minimum Gasteiger partial charge on any atom is -0.554 e. The summed E-state index contributed by atoms with van der Waals surface area (Å²) in [6.07, 6.45) is 3.22. The zero-order valence-corrected chi connectivity index (χ0v) is 17.4. The Kier molecular flexibility index (Phi) is 18.9. The molecule has 0 aliphatic carbocycles. The second kappa shape index (κ2) is 19.4. The average Bonchev–Trinajstić information content (AvgIpc) is 3.17. The molecule has 0 aliphatic heterocycles. The van der Waals surface area contributed by atoms with E-state index in [0.29, 0.717) is 24.7 Å². The molecule has 2 unspecified atom stereocenters. The molecule has 2 amide bonds. The molecule has 30 heavy (non-hydrogen) atoms. The van der Waals surface area contributed by atoms with Gasteiger partial charge in [-0.2, -0.15) is 25.3 Å². The Morgan fingerprint density at radius 1 is 1.00 bits per heavy atom. The van der Waals surface area contributed by atoms with Gasteiger partial charge < -0.3 is 40.0 Å². The molecule has 0 saturated carbocycles. The predicted octanol–water partition coefficient (Wildman–Crippen LogP) is -4.83. The van der Waals surface area contributed by atoms with Crippen LogP contribution in [0.5, 0.6) is 0 Å². The molecular formula is C15H21N5O8S2-2. The summed E-state index contributed by atoms with van der Waals surface area (Å²) in [6, 6.07) is -1.26. The van der Waals surface area contributed by atoms with Crippen LogP contribution in [0.2, 0.25) is 0 Å². The average molecular weight is 463 g/mol. The lowest BCUT2D eigenvalue weighted by Gasteiger charge is -2.09. The van der Waals surface area contributed by atoms with Crippen LogP contribution < -0.4 is 20.8 Å². The van der Waals surface area contributed by atoms with E-state index in [1.807, 2.05) is 0 Å². The fraction of sp³-hybridized carbons (Fsp3) is 0.467. The molecule has 2 atom stereocenters. The number of aromatic nitrogens is 3. The third-order valence-corrected chi connectivity index (χ3v) is 3.70. The van der Waals surface area contributed by atoms with Gasteiger partial charge in [-0.05, 0) is 0 Å². The van der Waals surface area contributed by atoms with E-state index in [9.17, 15) is 19.2 Å². The Morgan fingerprint density at radius 3 is 1.90 bits per heavy atom. The van der Waals surface area contributed by atoms with Crippen LogP contribution in [0.15, 0.2) is 6.20 Å². The van der Waals surface area contributed by atoms with Gasteiger partial charge in [0.05, 0.1) is 17.8 Å². The molecule has 168 valence electrons. The van der Waals surface area contributed by atoms with E-state index in [-0.39, 0.29) is 30.4 Å². The van der Waals surface area contributed by atoms with E-state index in [2.05, 4.69) is 46.2 Å². The smallest absolute Gasteiger partial charge is 0.242 e. The summed E-state index contributed by atoms with van der Waals surface area (Å²) >= 11 is 7.88. The first-order chi connectivity index (χ1) is 14.3. The third-order valence-electron chi connectivity index (χ3n) is 2.91. The van der Waals surface area contributed by atoms with Crippen LogP contribution in [0.3, 0.4) is 0 Å². The summed E-state index contributed by atoms with van der Waals surface area (Å²) in [5.74, 6) is -0.246. The number of amides is 2. The van der Waals surface area contributed by atoms with E-state index < -0.39 is 30.9 Å². The number of carbonyl (C=O) groups excluding carboxylic acids is 6. The molecule has 1 aromatic rings. The van der Waals surface area contributed by atoms with Crippen molar-refractivity contribution in [2.45, 2.75) is 31.5 Å². The molecule has 1 aromatic heterocycles. The van der Waals surface area contributed by atoms with E-state index in [1.54, 1.807) is 6.20 Å². The number of hydrogen-bond acceptors (Lipinski definition) is 12. The molecule has 13 nitrogen and oxygen atoms in total. The van der Waals surface area contributed by atoms with Gasteiger partial charge in [-0.25, -0.2) is 4.68 Å². The number of thiol groups is 2. The first-order valence-electron chi connectivity index (χ1n) is 8.06. The van der Waals surface area contributed by atoms with Crippen LogP contribution in [0.25, 0.3) is 0 Å². The number of nitrogens with zero attached hydrogens (tertiary/aromatic N) is 3. The van der Waals surface area contributed by atoms with Crippen LogP contribution in [-0.4, -0.2) is 75.9 Å². The molecule has 0 bridgehead atoms. The summed E-state index contributed by atoms with van der Waals surface area (Å²) in [4.78, 5) is 61.1. The maximum atomic E-state index is 11.7. The number of carboxylic acid groups (broad SMARTS) is 2. The van der Waals surface area contributed by atoms with Gasteiger partial charge in [0.15, 0.2) is 0 Å². The Balaban J connectivity index is 0. The number of rotatable bonds is 11. The molecule has 1 heterocycles.